The highest BCUT2D eigenvalue weighted by Crippen LogP contribution is 2.32. The lowest BCUT2D eigenvalue weighted by Crippen LogP contribution is -2.57. The molecule has 10 heteroatoms. The largest absolute Gasteiger partial charge is 0.416 e. The molecule has 164 valence electrons. The summed E-state index contributed by atoms with van der Waals surface area (Å²) in [5, 5.41) is 5.88. The van der Waals surface area contributed by atoms with Gasteiger partial charge in [0.1, 0.15) is 5.41 Å². The van der Waals surface area contributed by atoms with Gasteiger partial charge in [-0.1, -0.05) is 12.1 Å². The summed E-state index contributed by atoms with van der Waals surface area (Å²) in [4.78, 5) is 38.0. The highest BCUT2D eigenvalue weighted by atomic mass is 19.4. The van der Waals surface area contributed by atoms with E-state index in [4.69, 9.17) is 5.84 Å². The number of piperidine rings is 1. The number of nitrogens with two attached hydrogens (primary N) is 1. The number of benzene rings is 2. The summed E-state index contributed by atoms with van der Waals surface area (Å²) in [7, 11) is 0. The molecule has 1 fully saturated rings. The number of halogens is 3. The second kappa shape index (κ2) is 8.38. The first-order valence-electron chi connectivity index (χ1n) is 9.49. The van der Waals surface area contributed by atoms with Gasteiger partial charge in [0.25, 0.3) is 11.8 Å². The molecule has 4 N–H and O–H groups in total. The van der Waals surface area contributed by atoms with Gasteiger partial charge in [-0.3, -0.25) is 14.4 Å². The van der Waals surface area contributed by atoms with Crippen molar-refractivity contribution in [2.75, 3.05) is 11.9 Å². The molecule has 1 saturated heterocycles. The lowest BCUT2D eigenvalue weighted by Gasteiger charge is -2.33. The number of nitrogens with one attached hydrogen (secondary N) is 2. The highest BCUT2D eigenvalue weighted by molar-refractivity contribution is 6.14. The smallest absolute Gasteiger partial charge is 0.355 e. The number of hydrogen-bond acceptors (Lipinski definition) is 5. The van der Waals surface area contributed by atoms with Crippen LogP contribution in [0.3, 0.4) is 0 Å². The van der Waals surface area contributed by atoms with Gasteiger partial charge < -0.3 is 10.6 Å². The van der Waals surface area contributed by atoms with Crippen LogP contribution >= 0.6 is 0 Å². The van der Waals surface area contributed by atoms with E-state index in [1.807, 2.05) is 0 Å². The van der Waals surface area contributed by atoms with Crippen LogP contribution in [-0.4, -0.2) is 29.3 Å². The van der Waals surface area contributed by atoms with Gasteiger partial charge >= 0.3 is 6.18 Å². The first-order chi connectivity index (χ1) is 14.5. The van der Waals surface area contributed by atoms with Crippen LogP contribution in [0.15, 0.2) is 48.5 Å². The summed E-state index contributed by atoms with van der Waals surface area (Å²) in [5.74, 6) is 3.62. The predicted molar refractivity (Wildman–Crippen MR) is 107 cm³/mol. The first kappa shape index (κ1) is 22.3. The Morgan fingerprint density at radius 1 is 1.13 bits per heavy atom. The van der Waals surface area contributed by atoms with Gasteiger partial charge in [-0.05, 0) is 56.2 Å². The van der Waals surface area contributed by atoms with E-state index in [-0.39, 0.29) is 17.7 Å². The van der Waals surface area contributed by atoms with Crippen molar-refractivity contribution in [2.45, 2.75) is 25.9 Å². The van der Waals surface area contributed by atoms with E-state index in [1.54, 1.807) is 12.1 Å². The van der Waals surface area contributed by atoms with Crippen molar-refractivity contribution in [3.05, 3.63) is 59.7 Å². The second-order valence-electron chi connectivity index (χ2n) is 7.42. The molecule has 3 rings (SSSR count). The number of para-hydroxylation sites is 1. The quantitative estimate of drug-likeness (QED) is 0.225. The number of amides is 3. The lowest BCUT2D eigenvalue weighted by molar-refractivity contribution is -0.150. The molecule has 7 nitrogen and oxygen atoms in total. The Hall–Kier alpha value is -3.40. The van der Waals surface area contributed by atoms with E-state index in [0.29, 0.717) is 23.7 Å². The number of anilines is 2. The normalized spacial score (nSPS) is 18.8. The monoisotopic (exact) mass is 434 g/mol. The minimum Gasteiger partial charge on any atom is -0.355 e. The summed E-state index contributed by atoms with van der Waals surface area (Å²) < 4.78 is 38.2. The Kier molecular flexibility index (Phi) is 6.03. The zero-order valence-corrected chi connectivity index (χ0v) is 16.6. The maximum absolute atomic E-state index is 12.9. The molecule has 0 aromatic heterocycles. The maximum atomic E-state index is 12.9. The summed E-state index contributed by atoms with van der Waals surface area (Å²) in [6.45, 7) is 1.88. The molecule has 0 saturated carbocycles. The number of imide groups is 1. The number of carbonyl (C=O) groups excluding carboxylic acids is 3. The molecule has 0 aliphatic carbocycles. The van der Waals surface area contributed by atoms with Crippen molar-refractivity contribution >= 4 is 29.1 Å². The third-order valence-electron chi connectivity index (χ3n) is 5.20. The maximum Gasteiger partial charge on any atom is 0.416 e. The highest BCUT2D eigenvalue weighted by Gasteiger charge is 2.46. The fraction of sp³-hybridized carbons (Fsp3) is 0.286. The van der Waals surface area contributed by atoms with Crippen LogP contribution in [0, 0.1) is 5.41 Å². The third-order valence-corrected chi connectivity index (χ3v) is 5.20. The van der Waals surface area contributed by atoms with Crippen LogP contribution in [0.4, 0.5) is 24.5 Å². The van der Waals surface area contributed by atoms with Crippen molar-refractivity contribution in [3.8, 4) is 0 Å². The van der Waals surface area contributed by atoms with Gasteiger partial charge in [-0.2, -0.15) is 13.2 Å². The fourth-order valence-electron chi connectivity index (χ4n) is 3.32. The number of carbonyl (C=O) groups is 3. The predicted octanol–water partition coefficient (Wildman–Crippen LogP) is 3.21. The van der Waals surface area contributed by atoms with E-state index in [9.17, 15) is 27.6 Å². The molecule has 1 heterocycles. The minimum absolute atomic E-state index is 0.0260. The van der Waals surface area contributed by atoms with E-state index in [1.165, 1.54) is 31.2 Å². The molecule has 2 aromatic rings. The third kappa shape index (κ3) is 4.53. The van der Waals surface area contributed by atoms with Gasteiger partial charge in [0, 0.05) is 12.2 Å². The molecular formula is C21H21F3N4O3. The first-order valence-corrected chi connectivity index (χ1v) is 9.49. The summed E-state index contributed by atoms with van der Waals surface area (Å²) >= 11 is 0. The summed E-state index contributed by atoms with van der Waals surface area (Å²) in [6, 6.07) is 10.4. The average molecular weight is 434 g/mol. The van der Waals surface area contributed by atoms with E-state index < -0.39 is 34.9 Å². The van der Waals surface area contributed by atoms with Crippen molar-refractivity contribution in [3.63, 3.8) is 0 Å². The summed E-state index contributed by atoms with van der Waals surface area (Å²) in [6.07, 6.45) is -3.64. The van der Waals surface area contributed by atoms with E-state index in [2.05, 4.69) is 10.6 Å². The molecule has 31 heavy (non-hydrogen) atoms. The Morgan fingerprint density at radius 3 is 2.39 bits per heavy atom. The topological polar surface area (TPSA) is 105 Å². The number of hydrogen-bond donors (Lipinski definition) is 3. The van der Waals surface area contributed by atoms with Crippen LogP contribution < -0.4 is 16.5 Å². The van der Waals surface area contributed by atoms with Crippen LogP contribution in [0.5, 0.6) is 0 Å². The molecule has 0 radical (unpaired) electrons. The van der Waals surface area contributed by atoms with E-state index >= 15 is 0 Å². The van der Waals surface area contributed by atoms with Crippen LogP contribution in [0.25, 0.3) is 0 Å². The standard InChI is InChI=1S/C21H21F3N4O3/c1-20(11-4-12-26-18(20)30)19(31)28(25)17(29)15-5-2-3-6-16(15)27-14-9-7-13(8-10-14)21(22,23)24/h2-3,5-10,27H,4,11-12,25H2,1H3,(H,26,30). The zero-order valence-electron chi connectivity index (χ0n) is 16.6. The Labute approximate surface area is 176 Å². The van der Waals surface area contributed by atoms with Gasteiger partial charge in [-0.25, -0.2) is 10.9 Å². The van der Waals surface area contributed by atoms with E-state index in [0.717, 1.165) is 12.1 Å². The number of alkyl halides is 3. The number of nitrogens with zero attached hydrogens (tertiary/aromatic N) is 1. The zero-order chi connectivity index (χ0) is 22.8. The molecular weight excluding hydrogens is 413 g/mol. The van der Waals surface area contributed by atoms with Crippen LogP contribution in [0.2, 0.25) is 0 Å². The molecule has 1 aliphatic heterocycles. The van der Waals surface area contributed by atoms with Gasteiger partial charge in [0.05, 0.1) is 16.8 Å². The van der Waals surface area contributed by atoms with Crippen LogP contribution in [-0.2, 0) is 15.8 Å². The molecule has 3 amide bonds. The van der Waals surface area contributed by atoms with Crippen molar-refractivity contribution < 1.29 is 27.6 Å². The Balaban J connectivity index is 1.83. The Morgan fingerprint density at radius 2 is 1.77 bits per heavy atom. The number of hydrazine groups is 1. The average Bonchev–Trinajstić information content (AvgIpc) is 2.74. The van der Waals surface area contributed by atoms with Gasteiger partial charge in [0.15, 0.2) is 0 Å². The molecule has 2 aromatic carbocycles. The summed E-state index contributed by atoms with van der Waals surface area (Å²) in [5.41, 5.74) is -1.69. The Bertz CT molecular complexity index is 1010. The molecule has 0 spiro atoms. The van der Waals surface area contributed by atoms with Crippen molar-refractivity contribution in [1.29, 1.82) is 0 Å². The fourth-order valence-corrected chi connectivity index (χ4v) is 3.32. The number of rotatable bonds is 4. The van der Waals surface area contributed by atoms with Crippen molar-refractivity contribution in [1.82, 2.24) is 10.3 Å². The molecule has 0 bridgehead atoms. The van der Waals surface area contributed by atoms with Gasteiger partial charge in [-0.15, -0.1) is 0 Å². The lowest BCUT2D eigenvalue weighted by atomic mass is 9.80. The minimum atomic E-state index is -4.46. The molecule has 1 atom stereocenters. The van der Waals surface area contributed by atoms with Crippen LogP contribution in [0.1, 0.15) is 35.7 Å². The second-order valence-corrected chi connectivity index (χ2v) is 7.42. The SMILES string of the molecule is CC1(C(=O)N(N)C(=O)c2ccccc2Nc2ccc(C(F)(F)F)cc2)CCCNC1=O. The van der Waals surface area contributed by atoms with Crippen molar-refractivity contribution in [2.24, 2.45) is 11.3 Å². The molecule has 1 aliphatic rings. The molecule has 1 unspecified atom stereocenters. The van der Waals surface area contributed by atoms with Gasteiger partial charge in [0.2, 0.25) is 5.91 Å².